The first kappa shape index (κ1) is 25.2. The molecule has 4 aromatic rings. The van der Waals surface area contributed by atoms with Gasteiger partial charge < -0.3 is 9.72 Å². The molecule has 0 unspecified atom stereocenters. The molecule has 10 heteroatoms. The SMILES string of the molecule is Cl.O=c1[nH]c2cc3cc(OCCCS(=O)(=O)C4CCN(Cc5ccccc5)CC4)ccc3nc2[nH]1. The zero-order chi connectivity index (χ0) is 23.5. The van der Waals surface area contributed by atoms with Crippen molar-refractivity contribution in [3.05, 3.63) is 70.6 Å². The lowest BCUT2D eigenvalue weighted by Gasteiger charge is -2.31. The summed E-state index contributed by atoms with van der Waals surface area (Å²) in [7, 11) is -3.14. The third kappa shape index (κ3) is 6.04. The van der Waals surface area contributed by atoms with Gasteiger partial charge in [0.05, 0.1) is 28.6 Å². The molecule has 1 fully saturated rings. The number of pyridine rings is 1. The minimum atomic E-state index is -3.14. The fourth-order valence-corrected chi connectivity index (χ4v) is 6.36. The van der Waals surface area contributed by atoms with E-state index in [2.05, 4.69) is 32.0 Å². The Labute approximate surface area is 210 Å². The highest BCUT2D eigenvalue weighted by Gasteiger charge is 2.29. The molecule has 186 valence electrons. The predicted molar refractivity (Wildman–Crippen MR) is 140 cm³/mol. The van der Waals surface area contributed by atoms with Crippen LogP contribution in [0.3, 0.4) is 0 Å². The molecule has 2 aromatic heterocycles. The van der Waals surface area contributed by atoms with Gasteiger partial charge in [0.25, 0.3) is 0 Å². The lowest BCUT2D eigenvalue weighted by Crippen LogP contribution is -2.39. The van der Waals surface area contributed by atoms with Crippen LogP contribution in [0, 0.1) is 0 Å². The minimum Gasteiger partial charge on any atom is -0.494 e. The van der Waals surface area contributed by atoms with E-state index in [1.807, 2.05) is 42.5 Å². The number of rotatable bonds is 8. The van der Waals surface area contributed by atoms with Gasteiger partial charge in [-0.15, -0.1) is 12.4 Å². The van der Waals surface area contributed by atoms with Gasteiger partial charge in [0.1, 0.15) is 5.75 Å². The summed E-state index contributed by atoms with van der Waals surface area (Å²) < 4.78 is 31.5. The fraction of sp³-hybridized carbons (Fsp3) is 0.360. The topological polar surface area (TPSA) is 108 Å². The number of imidazole rings is 1. The maximum Gasteiger partial charge on any atom is 0.325 e. The van der Waals surface area contributed by atoms with Crippen LogP contribution < -0.4 is 10.4 Å². The molecule has 0 amide bonds. The standard InChI is InChI=1S/C25H28N4O4S.ClH/c30-25-27-23-16-19-15-20(7-8-22(19)26-24(23)28-25)33-13-4-14-34(31,32)21-9-11-29(12-10-21)17-18-5-2-1-3-6-18;/h1-3,5-8,15-16,21H,4,9-14,17H2,(H2,26,27,28,30);1H. The Hall–Kier alpha value is -2.88. The van der Waals surface area contributed by atoms with E-state index in [1.54, 1.807) is 0 Å². The quantitative estimate of drug-likeness (QED) is 0.346. The summed E-state index contributed by atoms with van der Waals surface area (Å²) in [6.45, 7) is 2.81. The number of ether oxygens (including phenoxy) is 1. The number of H-pyrrole nitrogens is 2. The van der Waals surface area contributed by atoms with Crippen LogP contribution in [0.1, 0.15) is 24.8 Å². The van der Waals surface area contributed by atoms with Crippen molar-refractivity contribution in [2.45, 2.75) is 31.1 Å². The molecule has 2 aromatic carbocycles. The van der Waals surface area contributed by atoms with Gasteiger partial charge in [-0.3, -0.25) is 9.88 Å². The molecule has 5 rings (SSSR count). The average molecular weight is 517 g/mol. The number of sulfone groups is 1. The van der Waals surface area contributed by atoms with Crippen LogP contribution in [0.2, 0.25) is 0 Å². The van der Waals surface area contributed by atoms with Gasteiger partial charge in [0, 0.05) is 11.9 Å². The molecule has 3 heterocycles. The molecular weight excluding hydrogens is 488 g/mol. The third-order valence-electron chi connectivity index (χ3n) is 6.40. The predicted octanol–water partition coefficient (Wildman–Crippen LogP) is 3.67. The summed E-state index contributed by atoms with van der Waals surface area (Å²) in [6.07, 6.45) is 1.82. The van der Waals surface area contributed by atoms with E-state index in [1.165, 1.54) is 5.56 Å². The molecule has 0 radical (unpaired) electrons. The highest BCUT2D eigenvalue weighted by Crippen LogP contribution is 2.23. The Kier molecular flexibility index (Phi) is 7.78. The van der Waals surface area contributed by atoms with Crippen molar-refractivity contribution in [1.82, 2.24) is 19.9 Å². The van der Waals surface area contributed by atoms with Crippen molar-refractivity contribution in [2.75, 3.05) is 25.4 Å². The highest BCUT2D eigenvalue weighted by molar-refractivity contribution is 7.92. The van der Waals surface area contributed by atoms with Gasteiger partial charge in [0.15, 0.2) is 15.5 Å². The summed E-state index contributed by atoms with van der Waals surface area (Å²) in [6, 6.07) is 17.6. The van der Waals surface area contributed by atoms with Gasteiger partial charge in [-0.1, -0.05) is 30.3 Å². The smallest absolute Gasteiger partial charge is 0.325 e. The minimum absolute atomic E-state index is 0. The van der Waals surface area contributed by atoms with E-state index in [0.29, 0.717) is 42.8 Å². The molecule has 1 saturated heterocycles. The van der Waals surface area contributed by atoms with Crippen LogP contribution in [-0.4, -0.2) is 59.0 Å². The third-order valence-corrected chi connectivity index (χ3v) is 8.74. The van der Waals surface area contributed by atoms with Crippen LogP contribution in [0.25, 0.3) is 22.1 Å². The number of benzene rings is 2. The van der Waals surface area contributed by atoms with Gasteiger partial charge in [-0.2, -0.15) is 0 Å². The van der Waals surface area contributed by atoms with Gasteiger partial charge >= 0.3 is 5.69 Å². The zero-order valence-corrected chi connectivity index (χ0v) is 20.9. The van der Waals surface area contributed by atoms with E-state index in [-0.39, 0.29) is 29.1 Å². The Morgan fingerprint density at radius 1 is 1.03 bits per heavy atom. The normalized spacial score (nSPS) is 15.3. The monoisotopic (exact) mass is 516 g/mol. The average Bonchev–Trinajstić information content (AvgIpc) is 3.20. The maximum absolute atomic E-state index is 12.8. The molecule has 2 N–H and O–H groups in total. The van der Waals surface area contributed by atoms with Crippen molar-refractivity contribution in [1.29, 1.82) is 0 Å². The zero-order valence-electron chi connectivity index (χ0n) is 19.3. The maximum atomic E-state index is 12.8. The van der Waals surface area contributed by atoms with E-state index in [4.69, 9.17) is 4.74 Å². The molecule has 1 aliphatic heterocycles. The Morgan fingerprint density at radius 2 is 1.80 bits per heavy atom. The van der Waals surface area contributed by atoms with E-state index >= 15 is 0 Å². The summed E-state index contributed by atoms with van der Waals surface area (Å²) >= 11 is 0. The van der Waals surface area contributed by atoms with Crippen molar-refractivity contribution in [3.8, 4) is 5.75 Å². The number of hydrogen-bond donors (Lipinski definition) is 2. The first-order chi connectivity index (χ1) is 16.5. The number of nitrogens with zero attached hydrogens (tertiary/aromatic N) is 2. The molecule has 8 nitrogen and oxygen atoms in total. The number of likely N-dealkylation sites (tertiary alicyclic amines) is 1. The summed E-state index contributed by atoms with van der Waals surface area (Å²) in [5.74, 6) is 0.787. The molecule has 0 aliphatic carbocycles. The van der Waals surface area contributed by atoms with Crippen molar-refractivity contribution >= 4 is 44.3 Å². The second-order valence-corrected chi connectivity index (χ2v) is 11.2. The van der Waals surface area contributed by atoms with Gasteiger partial charge in [-0.25, -0.2) is 18.2 Å². The van der Waals surface area contributed by atoms with E-state index in [9.17, 15) is 13.2 Å². The number of halogens is 1. The second kappa shape index (κ2) is 10.8. The summed E-state index contributed by atoms with van der Waals surface area (Å²) in [5, 5.41) is 0.576. The molecule has 0 atom stereocenters. The van der Waals surface area contributed by atoms with E-state index < -0.39 is 9.84 Å². The first-order valence-corrected chi connectivity index (χ1v) is 13.3. The van der Waals surface area contributed by atoms with Crippen LogP contribution in [0.5, 0.6) is 5.75 Å². The van der Waals surface area contributed by atoms with Crippen LogP contribution in [0.4, 0.5) is 0 Å². The fourth-order valence-electron chi connectivity index (χ4n) is 4.58. The number of aromatic nitrogens is 3. The van der Waals surface area contributed by atoms with Crippen molar-refractivity contribution in [3.63, 3.8) is 0 Å². The Balaban J connectivity index is 0.00000289. The van der Waals surface area contributed by atoms with Crippen molar-refractivity contribution in [2.24, 2.45) is 0 Å². The van der Waals surface area contributed by atoms with Crippen LogP contribution in [0.15, 0.2) is 59.4 Å². The Bertz CT molecular complexity index is 1440. The van der Waals surface area contributed by atoms with Gasteiger partial charge in [-0.05, 0) is 62.2 Å². The second-order valence-electron chi connectivity index (χ2n) is 8.85. The van der Waals surface area contributed by atoms with Crippen LogP contribution in [-0.2, 0) is 16.4 Å². The number of hydrogen-bond acceptors (Lipinski definition) is 6. The number of nitrogens with one attached hydrogen (secondary N) is 2. The van der Waals surface area contributed by atoms with Crippen molar-refractivity contribution < 1.29 is 13.2 Å². The van der Waals surface area contributed by atoms with Crippen LogP contribution >= 0.6 is 12.4 Å². The lowest BCUT2D eigenvalue weighted by molar-refractivity contribution is 0.222. The molecule has 0 saturated carbocycles. The first-order valence-electron chi connectivity index (χ1n) is 11.6. The number of piperidine rings is 1. The summed E-state index contributed by atoms with van der Waals surface area (Å²) in [4.78, 5) is 23.6. The summed E-state index contributed by atoms with van der Waals surface area (Å²) in [5.41, 5.74) is 2.86. The number of fused-ring (bicyclic) bond motifs is 2. The molecule has 0 bridgehead atoms. The molecule has 35 heavy (non-hydrogen) atoms. The van der Waals surface area contributed by atoms with Gasteiger partial charge in [0.2, 0.25) is 0 Å². The largest absolute Gasteiger partial charge is 0.494 e. The highest BCUT2D eigenvalue weighted by atomic mass is 35.5. The molecular formula is C25H29ClN4O4S. The Morgan fingerprint density at radius 3 is 2.57 bits per heavy atom. The van der Waals surface area contributed by atoms with E-state index in [0.717, 1.165) is 30.5 Å². The molecule has 1 aliphatic rings. The number of aromatic amines is 2. The molecule has 0 spiro atoms. The lowest BCUT2D eigenvalue weighted by atomic mass is 10.1.